The summed E-state index contributed by atoms with van der Waals surface area (Å²) in [6, 6.07) is 2.64. The number of carboxylic acids is 1. The molecule has 0 spiro atoms. The molecule has 3 rings (SSSR count). The van der Waals surface area contributed by atoms with Crippen LogP contribution in [0.4, 0.5) is 13.2 Å². The van der Waals surface area contributed by atoms with Crippen molar-refractivity contribution in [2.45, 2.75) is 31.5 Å². The number of phenols is 1. The van der Waals surface area contributed by atoms with Gasteiger partial charge in [-0.05, 0) is 24.8 Å². The van der Waals surface area contributed by atoms with Crippen molar-refractivity contribution in [3.63, 3.8) is 0 Å². The zero-order chi connectivity index (χ0) is 24.2. The van der Waals surface area contributed by atoms with E-state index in [1.54, 1.807) is 6.07 Å². The van der Waals surface area contributed by atoms with E-state index in [1.165, 1.54) is 6.07 Å². The molecule has 0 aromatic heterocycles. The van der Waals surface area contributed by atoms with Gasteiger partial charge in [-0.2, -0.15) is 13.2 Å². The highest BCUT2D eigenvalue weighted by Gasteiger charge is 2.38. The molecule has 2 saturated heterocycles. The molecule has 1 aromatic rings. The highest BCUT2D eigenvalue weighted by molar-refractivity contribution is 6.42. The van der Waals surface area contributed by atoms with E-state index in [2.05, 4.69) is 5.32 Å². The van der Waals surface area contributed by atoms with Crippen LogP contribution in [0.5, 0.6) is 5.75 Å². The van der Waals surface area contributed by atoms with Gasteiger partial charge in [0.1, 0.15) is 5.75 Å². The van der Waals surface area contributed by atoms with E-state index >= 15 is 0 Å². The van der Waals surface area contributed by atoms with Crippen molar-refractivity contribution in [1.82, 2.24) is 10.2 Å². The number of rotatable bonds is 3. The Morgan fingerprint density at radius 1 is 1.19 bits per heavy atom. The molecule has 2 aliphatic heterocycles. The lowest BCUT2D eigenvalue weighted by Crippen LogP contribution is -2.44. The Balaban J connectivity index is 0.000000451. The van der Waals surface area contributed by atoms with Crippen molar-refractivity contribution in [2.75, 3.05) is 19.6 Å². The molecule has 2 atom stereocenters. The summed E-state index contributed by atoms with van der Waals surface area (Å²) in [5.74, 6) is -2.87. The number of aromatic hydroxyl groups is 1. The van der Waals surface area contributed by atoms with Gasteiger partial charge in [-0.25, -0.2) is 4.79 Å². The molecule has 13 heteroatoms. The van der Waals surface area contributed by atoms with Crippen molar-refractivity contribution in [2.24, 2.45) is 17.6 Å². The van der Waals surface area contributed by atoms with Gasteiger partial charge in [-0.1, -0.05) is 23.2 Å². The van der Waals surface area contributed by atoms with Crippen LogP contribution in [0.15, 0.2) is 12.1 Å². The van der Waals surface area contributed by atoms with Crippen molar-refractivity contribution >= 4 is 41.0 Å². The average molecular weight is 500 g/mol. The summed E-state index contributed by atoms with van der Waals surface area (Å²) >= 11 is 11.9. The minimum absolute atomic E-state index is 0.0303. The summed E-state index contributed by atoms with van der Waals surface area (Å²) in [5, 5.41) is 20.6. The number of phenolic OH excluding ortho intramolecular Hbond substituents is 1. The monoisotopic (exact) mass is 499 g/mol. The second kappa shape index (κ2) is 10.6. The van der Waals surface area contributed by atoms with E-state index < -0.39 is 12.1 Å². The predicted octanol–water partition coefficient (Wildman–Crippen LogP) is 2.71. The number of alkyl halides is 3. The van der Waals surface area contributed by atoms with Crippen molar-refractivity contribution < 1.29 is 37.8 Å². The third-order valence-electron chi connectivity index (χ3n) is 5.36. The molecule has 2 amide bonds. The highest BCUT2D eigenvalue weighted by Crippen LogP contribution is 2.38. The maximum absolute atomic E-state index is 12.5. The fourth-order valence-electron chi connectivity index (χ4n) is 3.59. The number of likely N-dealkylation sites (tertiary alicyclic amines) is 1. The Bertz CT molecular complexity index is 876. The van der Waals surface area contributed by atoms with Crippen LogP contribution in [0.3, 0.4) is 0 Å². The third-order valence-corrected chi connectivity index (χ3v) is 6.08. The zero-order valence-corrected chi connectivity index (χ0v) is 18.2. The SMILES string of the molecule is NC(c1cc(Cl)c(Cl)cc1O)C1CCN(C(=O)C2CNC(=O)C2)CC1.O=C(O)C(F)(F)F. The van der Waals surface area contributed by atoms with Gasteiger partial charge in [0.05, 0.1) is 16.0 Å². The maximum Gasteiger partial charge on any atom is 0.490 e. The van der Waals surface area contributed by atoms with E-state index in [4.69, 9.17) is 38.8 Å². The molecule has 2 aliphatic rings. The van der Waals surface area contributed by atoms with Crippen LogP contribution in [-0.2, 0) is 14.4 Å². The Morgan fingerprint density at radius 3 is 2.19 bits per heavy atom. The number of carbonyl (C=O) groups excluding carboxylic acids is 2. The Morgan fingerprint density at radius 2 is 1.72 bits per heavy atom. The molecule has 8 nitrogen and oxygen atoms in total. The maximum atomic E-state index is 12.5. The molecule has 2 unspecified atom stereocenters. The number of hydrogen-bond donors (Lipinski definition) is 4. The molecule has 0 saturated carbocycles. The smallest absolute Gasteiger partial charge is 0.490 e. The first-order chi connectivity index (χ1) is 14.8. The number of carbonyl (C=O) groups is 3. The summed E-state index contributed by atoms with van der Waals surface area (Å²) in [6.45, 7) is 1.63. The van der Waals surface area contributed by atoms with Crippen LogP contribution in [0.1, 0.15) is 30.9 Å². The van der Waals surface area contributed by atoms with Crippen molar-refractivity contribution in [1.29, 1.82) is 0 Å². The molecular formula is C19H22Cl2F3N3O5. The van der Waals surface area contributed by atoms with Gasteiger partial charge in [0, 0.05) is 43.7 Å². The number of halogens is 5. The summed E-state index contributed by atoms with van der Waals surface area (Å²) in [4.78, 5) is 34.4. The number of aliphatic carboxylic acids is 1. The largest absolute Gasteiger partial charge is 0.508 e. The Kier molecular flexibility index (Phi) is 8.60. The van der Waals surface area contributed by atoms with E-state index in [0.717, 1.165) is 12.8 Å². The van der Waals surface area contributed by atoms with Crippen LogP contribution in [0.25, 0.3) is 0 Å². The van der Waals surface area contributed by atoms with Gasteiger partial charge in [-0.15, -0.1) is 0 Å². The first-order valence-corrected chi connectivity index (χ1v) is 10.4. The molecule has 5 N–H and O–H groups in total. The average Bonchev–Trinajstić information content (AvgIpc) is 3.16. The first kappa shape index (κ1) is 26.0. The Hall–Kier alpha value is -2.24. The van der Waals surface area contributed by atoms with Crippen LogP contribution < -0.4 is 11.1 Å². The van der Waals surface area contributed by atoms with E-state index in [1.807, 2.05) is 4.90 Å². The van der Waals surface area contributed by atoms with Crippen LogP contribution >= 0.6 is 23.2 Å². The van der Waals surface area contributed by atoms with Crippen molar-refractivity contribution in [3.8, 4) is 5.75 Å². The van der Waals surface area contributed by atoms with Gasteiger partial charge in [0.25, 0.3) is 0 Å². The quantitative estimate of drug-likeness (QED) is 0.505. The summed E-state index contributed by atoms with van der Waals surface area (Å²) in [7, 11) is 0. The Labute approximate surface area is 191 Å². The number of nitrogens with two attached hydrogens (primary N) is 1. The summed E-state index contributed by atoms with van der Waals surface area (Å²) < 4.78 is 31.7. The van der Waals surface area contributed by atoms with E-state index in [0.29, 0.717) is 30.2 Å². The normalized spacial score (nSPS) is 20.2. The second-order valence-corrected chi connectivity index (χ2v) is 8.34. The zero-order valence-electron chi connectivity index (χ0n) is 16.7. The van der Waals surface area contributed by atoms with Gasteiger partial charge < -0.3 is 26.2 Å². The van der Waals surface area contributed by atoms with Gasteiger partial charge >= 0.3 is 12.1 Å². The lowest BCUT2D eigenvalue weighted by atomic mass is 9.85. The number of carboxylic acid groups (broad SMARTS) is 1. The van der Waals surface area contributed by atoms with Crippen LogP contribution in [0, 0.1) is 11.8 Å². The lowest BCUT2D eigenvalue weighted by Gasteiger charge is -2.36. The number of nitrogens with one attached hydrogen (secondary N) is 1. The molecular weight excluding hydrogens is 478 g/mol. The predicted molar refractivity (Wildman–Crippen MR) is 109 cm³/mol. The van der Waals surface area contributed by atoms with Crippen molar-refractivity contribution in [3.05, 3.63) is 27.7 Å². The molecule has 2 heterocycles. The molecule has 178 valence electrons. The minimum Gasteiger partial charge on any atom is -0.508 e. The number of piperidine rings is 1. The molecule has 32 heavy (non-hydrogen) atoms. The number of nitrogens with zero attached hydrogens (tertiary/aromatic N) is 1. The molecule has 0 aliphatic carbocycles. The fourth-order valence-corrected chi connectivity index (χ4v) is 3.92. The van der Waals surface area contributed by atoms with E-state index in [9.17, 15) is 27.9 Å². The molecule has 0 radical (unpaired) electrons. The molecule has 0 bridgehead atoms. The molecule has 2 fully saturated rings. The van der Waals surface area contributed by atoms with Gasteiger partial charge in [0.15, 0.2) is 0 Å². The number of benzene rings is 1. The lowest BCUT2D eigenvalue weighted by molar-refractivity contribution is -0.192. The van der Waals surface area contributed by atoms with Gasteiger partial charge in [0.2, 0.25) is 11.8 Å². The van der Waals surface area contributed by atoms with Gasteiger partial charge in [-0.3, -0.25) is 9.59 Å². The van der Waals surface area contributed by atoms with Crippen LogP contribution in [-0.4, -0.2) is 58.7 Å². The number of hydrogen-bond acceptors (Lipinski definition) is 5. The first-order valence-electron chi connectivity index (χ1n) is 9.60. The standard InChI is InChI=1S/C17H21Cl2N3O3.C2HF3O2/c18-12-6-11(14(23)7-13(12)19)16(20)9-1-3-22(4-2-9)17(25)10-5-15(24)21-8-10;3-2(4,5)1(6)7/h6-7,9-10,16,23H,1-5,8,20H2,(H,21,24);(H,6,7). The highest BCUT2D eigenvalue weighted by atomic mass is 35.5. The molecule has 1 aromatic carbocycles. The summed E-state index contributed by atoms with van der Waals surface area (Å²) in [6.07, 6.45) is -3.34. The number of amides is 2. The second-order valence-electron chi connectivity index (χ2n) is 7.52. The minimum atomic E-state index is -5.08. The van der Waals surface area contributed by atoms with Crippen LogP contribution in [0.2, 0.25) is 10.0 Å². The summed E-state index contributed by atoms with van der Waals surface area (Å²) in [5.41, 5.74) is 6.91. The fraction of sp³-hybridized carbons (Fsp3) is 0.526. The topological polar surface area (TPSA) is 133 Å². The third kappa shape index (κ3) is 6.63. The van der Waals surface area contributed by atoms with E-state index in [-0.39, 0.29) is 46.9 Å².